The van der Waals surface area contributed by atoms with Crippen LogP contribution < -0.4 is 14.8 Å². The monoisotopic (exact) mass is 377 g/mol. The Hall–Kier alpha value is -3.16. The molecule has 27 heavy (non-hydrogen) atoms. The zero-order valence-corrected chi connectivity index (χ0v) is 14.3. The van der Waals surface area contributed by atoms with E-state index < -0.39 is 30.1 Å². The average Bonchev–Trinajstić information content (AvgIpc) is 2.68. The van der Waals surface area contributed by atoms with E-state index in [0.717, 1.165) is 23.8 Å². The summed E-state index contributed by atoms with van der Waals surface area (Å²) in [5.74, 6) is -2.26. The molecule has 1 amide bonds. The first-order valence-corrected chi connectivity index (χ1v) is 8.30. The van der Waals surface area contributed by atoms with Crippen LogP contribution in [0.5, 0.6) is 11.5 Å². The van der Waals surface area contributed by atoms with Gasteiger partial charge < -0.3 is 19.5 Å². The molecule has 1 aliphatic heterocycles. The third-order valence-corrected chi connectivity index (χ3v) is 3.83. The van der Waals surface area contributed by atoms with Crippen molar-refractivity contribution in [3.8, 4) is 11.5 Å². The van der Waals surface area contributed by atoms with Crippen molar-refractivity contribution in [1.82, 2.24) is 5.32 Å². The topological polar surface area (TPSA) is 73.9 Å². The summed E-state index contributed by atoms with van der Waals surface area (Å²) in [5, 5.41) is 2.62. The molecule has 1 aliphatic rings. The summed E-state index contributed by atoms with van der Waals surface area (Å²) >= 11 is 0. The maximum absolute atomic E-state index is 13.1. The molecule has 0 radical (unpaired) electrons. The summed E-state index contributed by atoms with van der Waals surface area (Å²) in [6, 6.07) is 8.17. The van der Waals surface area contributed by atoms with E-state index >= 15 is 0 Å². The molecule has 0 fully saturated rings. The van der Waals surface area contributed by atoms with Gasteiger partial charge in [0.15, 0.2) is 29.7 Å². The molecule has 0 aliphatic carbocycles. The van der Waals surface area contributed by atoms with E-state index in [1.54, 1.807) is 0 Å². The number of rotatable bonds is 6. The number of fused-ring (bicyclic) bond motifs is 1. The van der Waals surface area contributed by atoms with Crippen LogP contribution in [0.4, 0.5) is 8.78 Å². The molecule has 0 unspecified atom stereocenters. The Morgan fingerprint density at radius 1 is 1.00 bits per heavy atom. The van der Waals surface area contributed by atoms with Gasteiger partial charge in [-0.25, -0.2) is 13.6 Å². The second-order valence-corrected chi connectivity index (χ2v) is 5.78. The molecule has 8 heteroatoms. The van der Waals surface area contributed by atoms with Crippen molar-refractivity contribution in [3.63, 3.8) is 0 Å². The van der Waals surface area contributed by atoms with Gasteiger partial charge in [-0.3, -0.25) is 4.79 Å². The van der Waals surface area contributed by atoms with E-state index in [1.165, 1.54) is 0 Å². The molecular weight excluding hydrogens is 360 g/mol. The second-order valence-electron chi connectivity index (χ2n) is 5.78. The van der Waals surface area contributed by atoms with Gasteiger partial charge in [-0.05, 0) is 42.3 Å². The van der Waals surface area contributed by atoms with Crippen LogP contribution in [-0.2, 0) is 16.0 Å². The Balaban J connectivity index is 1.42. The van der Waals surface area contributed by atoms with Crippen LogP contribution in [0.2, 0.25) is 0 Å². The molecule has 1 heterocycles. The highest BCUT2D eigenvalue weighted by Crippen LogP contribution is 2.30. The lowest BCUT2D eigenvalue weighted by atomic mass is 10.1. The predicted octanol–water partition coefficient (Wildman–Crippen LogP) is 2.25. The standard InChI is InChI=1S/C19H17F2NO5/c20-14-3-2-13(10-15(14)21)19(24)27-11-18(23)22-6-5-12-1-4-16-17(9-12)26-8-7-25-16/h1-4,9-10H,5-8,11H2,(H,22,23). The number of hydrogen-bond acceptors (Lipinski definition) is 5. The first-order chi connectivity index (χ1) is 13.0. The number of nitrogens with one attached hydrogen (secondary N) is 1. The Kier molecular flexibility index (Phi) is 5.85. The minimum atomic E-state index is -1.16. The highest BCUT2D eigenvalue weighted by atomic mass is 19.2. The number of halogens is 2. The molecule has 1 N–H and O–H groups in total. The zero-order valence-electron chi connectivity index (χ0n) is 14.3. The number of esters is 1. The van der Waals surface area contributed by atoms with Gasteiger partial charge in [-0.15, -0.1) is 0 Å². The van der Waals surface area contributed by atoms with Gasteiger partial charge >= 0.3 is 5.97 Å². The number of ether oxygens (including phenoxy) is 3. The fourth-order valence-corrected chi connectivity index (χ4v) is 2.48. The van der Waals surface area contributed by atoms with E-state index in [9.17, 15) is 18.4 Å². The van der Waals surface area contributed by atoms with Crippen molar-refractivity contribution in [2.75, 3.05) is 26.4 Å². The van der Waals surface area contributed by atoms with Crippen molar-refractivity contribution in [2.45, 2.75) is 6.42 Å². The lowest BCUT2D eigenvalue weighted by molar-refractivity contribution is -0.124. The lowest BCUT2D eigenvalue weighted by Crippen LogP contribution is -2.30. The number of carbonyl (C=O) groups is 2. The quantitative estimate of drug-likeness (QED) is 0.782. The van der Waals surface area contributed by atoms with E-state index in [4.69, 9.17) is 14.2 Å². The fourth-order valence-electron chi connectivity index (χ4n) is 2.48. The molecule has 0 saturated carbocycles. The van der Waals surface area contributed by atoms with Crippen molar-refractivity contribution >= 4 is 11.9 Å². The molecule has 0 saturated heterocycles. The summed E-state index contributed by atoms with van der Waals surface area (Å²) in [4.78, 5) is 23.5. The molecule has 142 valence electrons. The summed E-state index contributed by atoms with van der Waals surface area (Å²) in [6.45, 7) is 0.836. The summed E-state index contributed by atoms with van der Waals surface area (Å²) in [7, 11) is 0. The van der Waals surface area contributed by atoms with Crippen LogP contribution in [0, 0.1) is 11.6 Å². The lowest BCUT2D eigenvalue weighted by Gasteiger charge is -2.18. The van der Waals surface area contributed by atoms with Crippen LogP contribution in [0.25, 0.3) is 0 Å². The summed E-state index contributed by atoms with van der Waals surface area (Å²) < 4.78 is 41.7. The average molecular weight is 377 g/mol. The van der Waals surface area contributed by atoms with Crippen molar-refractivity contribution in [2.24, 2.45) is 0 Å². The molecule has 3 rings (SSSR count). The highest BCUT2D eigenvalue weighted by Gasteiger charge is 2.14. The van der Waals surface area contributed by atoms with Gasteiger partial charge in [0.2, 0.25) is 0 Å². The Morgan fingerprint density at radius 2 is 1.78 bits per heavy atom. The third-order valence-electron chi connectivity index (χ3n) is 3.83. The van der Waals surface area contributed by atoms with E-state index in [0.29, 0.717) is 37.7 Å². The van der Waals surface area contributed by atoms with Crippen molar-refractivity contribution in [3.05, 3.63) is 59.2 Å². The number of hydrogen-bond donors (Lipinski definition) is 1. The molecule has 0 atom stereocenters. The number of amides is 1. The summed E-state index contributed by atoms with van der Waals surface area (Å²) in [6.07, 6.45) is 0.555. The molecular formula is C19H17F2NO5. The fraction of sp³-hybridized carbons (Fsp3) is 0.263. The van der Waals surface area contributed by atoms with E-state index in [2.05, 4.69) is 5.32 Å². The van der Waals surface area contributed by atoms with Gasteiger partial charge in [-0.2, -0.15) is 0 Å². The number of carbonyl (C=O) groups excluding carboxylic acids is 2. The Morgan fingerprint density at radius 3 is 2.56 bits per heavy atom. The van der Waals surface area contributed by atoms with Crippen LogP contribution in [0.15, 0.2) is 36.4 Å². The van der Waals surface area contributed by atoms with Crippen molar-refractivity contribution < 1.29 is 32.6 Å². The van der Waals surface area contributed by atoms with Gasteiger partial charge in [-0.1, -0.05) is 6.07 Å². The maximum Gasteiger partial charge on any atom is 0.338 e. The highest BCUT2D eigenvalue weighted by molar-refractivity contribution is 5.91. The van der Waals surface area contributed by atoms with E-state index in [1.807, 2.05) is 18.2 Å². The molecule has 2 aromatic rings. The molecule has 0 spiro atoms. The minimum absolute atomic E-state index is 0.169. The third kappa shape index (κ3) is 4.93. The van der Waals surface area contributed by atoms with Gasteiger partial charge in [0.25, 0.3) is 5.91 Å². The van der Waals surface area contributed by atoms with Gasteiger partial charge in [0.05, 0.1) is 5.56 Å². The van der Waals surface area contributed by atoms with Crippen molar-refractivity contribution in [1.29, 1.82) is 0 Å². The normalized spacial score (nSPS) is 12.4. The van der Waals surface area contributed by atoms with E-state index in [-0.39, 0.29) is 5.56 Å². The maximum atomic E-state index is 13.1. The van der Waals surface area contributed by atoms with Gasteiger partial charge in [0, 0.05) is 6.54 Å². The molecule has 2 aromatic carbocycles. The first kappa shape index (κ1) is 18.6. The molecule has 0 aromatic heterocycles. The van der Waals surface area contributed by atoms with Crippen LogP contribution >= 0.6 is 0 Å². The Bertz CT molecular complexity index is 856. The minimum Gasteiger partial charge on any atom is -0.486 e. The second kappa shape index (κ2) is 8.48. The van der Waals surface area contributed by atoms with Crippen LogP contribution in [-0.4, -0.2) is 38.2 Å². The summed E-state index contributed by atoms with van der Waals surface area (Å²) in [5.41, 5.74) is 0.788. The SMILES string of the molecule is O=C(COC(=O)c1ccc(F)c(F)c1)NCCc1ccc2c(c1)OCCO2. The Labute approximate surface area is 154 Å². The smallest absolute Gasteiger partial charge is 0.338 e. The van der Waals surface area contributed by atoms with Crippen LogP contribution in [0.1, 0.15) is 15.9 Å². The predicted molar refractivity (Wildman–Crippen MR) is 90.8 cm³/mol. The molecule has 0 bridgehead atoms. The largest absolute Gasteiger partial charge is 0.486 e. The first-order valence-electron chi connectivity index (χ1n) is 8.30. The number of benzene rings is 2. The van der Waals surface area contributed by atoms with Gasteiger partial charge in [0.1, 0.15) is 13.2 Å². The molecule has 6 nitrogen and oxygen atoms in total. The zero-order chi connectivity index (χ0) is 19.2. The van der Waals surface area contributed by atoms with Crippen LogP contribution in [0.3, 0.4) is 0 Å².